The molecule has 0 spiro atoms. The molecular weight excluding hydrogens is 336 g/mol. The number of ether oxygens (including phenoxy) is 2. The van der Waals surface area contributed by atoms with Crippen LogP contribution < -0.4 is 4.74 Å². The van der Waals surface area contributed by atoms with Crippen molar-refractivity contribution in [2.75, 3.05) is 6.61 Å². The Kier molecular flexibility index (Phi) is 6.65. The SMILES string of the molecule is CC(C)(C)OC(=O)CCCCCOc1cccc2c1C(C)(C)CCC2(C)C. The minimum absolute atomic E-state index is 0.107. The summed E-state index contributed by atoms with van der Waals surface area (Å²) >= 11 is 0. The topological polar surface area (TPSA) is 35.5 Å². The van der Waals surface area contributed by atoms with Crippen LogP contribution in [0.25, 0.3) is 0 Å². The third-order valence-corrected chi connectivity index (χ3v) is 5.51. The number of carbonyl (C=O) groups is 1. The van der Waals surface area contributed by atoms with Gasteiger partial charge in [-0.2, -0.15) is 0 Å². The zero-order valence-electron chi connectivity index (χ0n) is 18.4. The quantitative estimate of drug-likeness (QED) is 0.414. The van der Waals surface area contributed by atoms with Crippen molar-refractivity contribution < 1.29 is 14.3 Å². The number of esters is 1. The highest BCUT2D eigenvalue weighted by molar-refractivity contribution is 5.69. The van der Waals surface area contributed by atoms with Crippen molar-refractivity contribution in [2.24, 2.45) is 0 Å². The maximum atomic E-state index is 11.8. The molecule has 0 heterocycles. The van der Waals surface area contributed by atoms with Gasteiger partial charge in [0.2, 0.25) is 0 Å². The zero-order chi connectivity index (χ0) is 20.3. The summed E-state index contributed by atoms with van der Waals surface area (Å²) < 4.78 is 11.6. The lowest BCUT2D eigenvalue weighted by atomic mass is 9.63. The van der Waals surface area contributed by atoms with E-state index in [1.54, 1.807) is 0 Å². The van der Waals surface area contributed by atoms with Crippen LogP contribution in [-0.4, -0.2) is 18.2 Å². The second-order valence-corrected chi connectivity index (χ2v) is 10.2. The predicted octanol–water partition coefficient (Wildman–Crippen LogP) is 6.32. The van der Waals surface area contributed by atoms with Crippen LogP contribution in [-0.2, 0) is 20.4 Å². The first-order chi connectivity index (χ1) is 12.4. The van der Waals surface area contributed by atoms with Gasteiger partial charge in [-0.15, -0.1) is 0 Å². The molecule has 3 heteroatoms. The molecule has 0 fully saturated rings. The van der Waals surface area contributed by atoms with E-state index < -0.39 is 5.60 Å². The molecule has 1 aromatic carbocycles. The summed E-state index contributed by atoms with van der Waals surface area (Å²) in [5, 5.41) is 0. The Hall–Kier alpha value is -1.51. The van der Waals surface area contributed by atoms with Crippen molar-refractivity contribution in [1.29, 1.82) is 0 Å². The van der Waals surface area contributed by atoms with E-state index in [9.17, 15) is 4.79 Å². The van der Waals surface area contributed by atoms with Crippen molar-refractivity contribution in [2.45, 2.75) is 103 Å². The van der Waals surface area contributed by atoms with Crippen LogP contribution in [0.1, 0.15) is 98.1 Å². The van der Waals surface area contributed by atoms with Crippen LogP contribution >= 0.6 is 0 Å². The molecule has 0 saturated carbocycles. The lowest BCUT2D eigenvalue weighted by Crippen LogP contribution is -2.34. The molecule has 0 atom stereocenters. The van der Waals surface area contributed by atoms with Crippen LogP contribution in [0.15, 0.2) is 18.2 Å². The minimum atomic E-state index is -0.396. The predicted molar refractivity (Wildman–Crippen MR) is 112 cm³/mol. The molecule has 27 heavy (non-hydrogen) atoms. The number of carbonyl (C=O) groups excluding carboxylic acids is 1. The van der Waals surface area contributed by atoms with Crippen LogP contribution in [0.2, 0.25) is 0 Å². The maximum absolute atomic E-state index is 11.8. The van der Waals surface area contributed by atoms with Gasteiger partial charge < -0.3 is 9.47 Å². The van der Waals surface area contributed by atoms with E-state index >= 15 is 0 Å². The van der Waals surface area contributed by atoms with E-state index in [1.807, 2.05) is 20.8 Å². The van der Waals surface area contributed by atoms with Gasteiger partial charge in [0.25, 0.3) is 0 Å². The minimum Gasteiger partial charge on any atom is -0.493 e. The largest absolute Gasteiger partial charge is 0.493 e. The number of fused-ring (bicyclic) bond motifs is 1. The highest BCUT2D eigenvalue weighted by atomic mass is 16.6. The fourth-order valence-corrected chi connectivity index (χ4v) is 3.92. The number of hydrogen-bond donors (Lipinski definition) is 0. The van der Waals surface area contributed by atoms with Gasteiger partial charge in [-0.25, -0.2) is 0 Å². The van der Waals surface area contributed by atoms with E-state index in [-0.39, 0.29) is 16.8 Å². The molecule has 1 aliphatic carbocycles. The van der Waals surface area contributed by atoms with Gasteiger partial charge in [-0.1, -0.05) is 39.8 Å². The molecule has 0 aromatic heterocycles. The molecule has 1 aliphatic rings. The first-order valence-electron chi connectivity index (χ1n) is 10.4. The third-order valence-electron chi connectivity index (χ3n) is 5.51. The number of benzene rings is 1. The van der Waals surface area contributed by atoms with E-state index in [2.05, 4.69) is 45.9 Å². The van der Waals surface area contributed by atoms with Crippen molar-refractivity contribution in [1.82, 2.24) is 0 Å². The third kappa shape index (κ3) is 5.99. The summed E-state index contributed by atoms with van der Waals surface area (Å²) in [6.07, 6.45) is 5.66. The Morgan fingerprint density at radius 2 is 1.67 bits per heavy atom. The average Bonchev–Trinajstić information content (AvgIpc) is 2.53. The number of hydrogen-bond acceptors (Lipinski definition) is 3. The first-order valence-corrected chi connectivity index (χ1v) is 10.4. The summed E-state index contributed by atoms with van der Waals surface area (Å²) in [5.41, 5.74) is 2.78. The second kappa shape index (κ2) is 8.24. The fourth-order valence-electron chi connectivity index (χ4n) is 3.92. The highest BCUT2D eigenvalue weighted by Gasteiger charge is 2.39. The number of unbranched alkanes of at least 4 members (excludes halogenated alkanes) is 2. The summed E-state index contributed by atoms with van der Waals surface area (Å²) in [6, 6.07) is 6.51. The number of rotatable bonds is 7. The maximum Gasteiger partial charge on any atom is 0.306 e. The second-order valence-electron chi connectivity index (χ2n) is 10.2. The normalized spacial score (nSPS) is 17.9. The summed E-state index contributed by atoms with van der Waals surface area (Å²) in [5.74, 6) is 0.932. The van der Waals surface area contributed by atoms with Gasteiger partial charge in [-0.05, 0) is 75.3 Å². The van der Waals surface area contributed by atoms with Crippen molar-refractivity contribution in [3.63, 3.8) is 0 Å². The zero-order valence-corrected chi connectivity index (χ0v) is 18.4. The standard InChI is InChI=1S/C24H38O3/c1-22(2,3)27-20(25)14-9-8-10-17-26-19-13-11-12-18-21(19)24(6,7)16-15-23(18,4)5/h11-13H,8-10,14-17H2,1-7H3. The van der Waals surface area contributed by atoms with Gasteiger partial charge >= 0.3 is 5.97 Å². The van der Waals surface area contributed by atoms with Crippen LogP contribution in [0.3, 0.4) is 0 Å². The lowest BCUT2D eigenvalue weighted by Gasteiger charge is -2.42. The van der Waals surface area contributed by atoms with Crippen LogP contribution in [0.4, 0.5) is 0 Å². The Morgan fingerprint density at radius 3 is 2.33 bits per heavy atom. The molecule has 1 aromatic rings. The molecule has 0 aliphatic heterocycles. The van der Waals surface area contributed by atoms with Gasteiger partial charge in [0.05, 0.1) is 6.61 Å². The van der Waals surface area contributed by atoms with E-state index in [0.717, 1.165) is 25.0 Å². The van der Waals surface area contributed by atoms with Crippen LogP contribution in [0.5, 0.6) is 5.75 Å². The van der Waals surface area contributed by atoms with Gasteiger partial charge in [0, 0.05) is 12.0 Å². The monoisotopic (exact) mass is 374 g/mol. The Labute approximate surface area is 165 Å². The van der Waals surface area contributed by atoms with Crippen molar-refractivity contribution in [3.05, 3.63) is 29.3 Å². The fraction of sp³-hybridized carbons (Fsp3) is 0.708. The Morgan fingerprint density at radius 1 is 1.00 bits per heavy atom. The van der Waals surface area contributed by atoms with Gasteiger partial charge in [0.1, 0.15) is 11.4 Å². The molecule has 152 valence electrons. The first kappa shape index (κ1) is 21.8. The Balaban J connectivity index is 1.87. The molecule has 0 N–H and O–H groups in total. The average molecular weight is 375 g/mol. The smallest absolute Gasteiger partial charge is 0.306 e. The van der Waals surface area contributed by atoms with Crippen LogP contribution in [0, 0.1) is 0 Å². The summed E-state index contributed by atoms with van der Waals surface area (Å²) in [4.78, 5) is 11.8. The Bertz CT molecular complexity index is 650. The molecule has 0 bridgehead atoms. The van der Waals surface area contributed by atoms with E-state index in [1.165, 1.54) is 24.0 Å². The molecule has 0 unspecified atom stereocenters. The van der Waals surface area contributed by atoms with Crippen molar-refractivity contribution in [3.8, 4) is 5.75 Å². The molecule has 0 saturated heterocycles. The van der Waals surface area contributed by atoms with Crippen molar-refractivity contribution >= 4 is 5.97 Å². The lowest BCUT2D eigenvalue weighted by molar-refractivity contribution is -0.154. The molecule has 0 radical (unpaired) electrons. The summed E-state index contributed by atoms with van der Waals surface area (Å²) in [7, 11) is 0. The van der Waals surface area contributed by atoms with Gasteiger partial charge in [0.15, 0.2) is 0 Å². The molecule has 3 nitrogen and oxygen atoms in total. The van der Waals surface area contributed by atoms with Gasteiger partial charge in [-0.3, -0.25) is 4.79 Å². The van der Waals surface area contributed by atoms with E-state index in [0.29, 0.717) is 13.0 Å². The molecular formula is C24H38O3. The van der Waals surface area contributed by atoms with E-state index in [4.69, 9.17) is 9.47 Å². The summed E-state index contributed by atoms with van der Waals surface area (Å²) in [6.45, 7) is 15.7. The molecule has 0 amide bonds. The highest BCUT2D eigenvalue weighted by Crippen LogP contribution is 2.49. The molecule has 2 rings (SSSR count).